The molecule has 0 spiro atoms. The number of amides is 1. The SMILES string of the molecule is Cc1ccc(NC(=O)C(C)CCl)cc1S(N)(=O)=O. The smallest absolute Gasteiger partial charge is 0.238 e. The Morgan fingerprint density at radius 2 is 2.11 bits per heavy atom. The fraction of sp³-hybridized carbons (Fsp3) is 0.364. The van der Waals surface area contributed by atoms with Gasteiger partial charge < -0.3 is 5.32 Å². The van der Waals surface area contributed by atoms with Crippen molar-refractivity contribution in [3.05, 3.63) is 23.8 Å². The number of halogens is 1. The summed E-state index contributed by atoms with van der Waals surface area (Å²) >= 11 is 5.57. The van der Waals surface area contributed by atoms with Gasteiger partial charge in [-0.3, -0.25) is 4.79 Å². The number of nitrogens with one attached hydrogen (secondary N) is 1. The quantitative estimate of drug-likeness (QED) is 0.823. The summed E-state index contributed by atoms with van der Waals surface area (Å²) in [7, 11) is -3.79. The summed E-state index contributed by atoms with van der Waals surface area (Å²) in [6.07, 6.45) is 0. The Morgan fingerprint density at radius 3 is 2.61 bits per heavy atom. The number of carbonyl (C=O) groups excluding carboxylic acids is 1. The van der Waals surface area contributed by atoms with Gasteiger partial charge in [0.15, 0.2) is 0 Å². The van der Waals surface area contributed by atoms with Crippen LogP contribution in [0.2, 0.25) is 0 Å². The second-order valence-electron chi connectivity index (χ2n) is 4.07. The van der Waals surface area contributed by atoms with Crippen LogP contribution in [0.25, 0.3) is 0 Å². The Labute approximate surface area is 111 Å². The third-order valence-electron chi connectivity index (χ3n) is 2.44. The molecule has 0 aliphatic carbocycles. The van der Waals surface area contributed by atoms with E-state index in [2.05, 4.69) is 5.32 Å². The van der Waals surface area contributed by atoms with Gasteiger partial charge in [-0.15, -0.1) is 11.6 Å². The standard InChI is InChI=1S/C11H15ClN2O3S/c1-7-3-4-9(5-10(7)18(13,16)17)14-11(15)8(2)6-12/h3-5,8H,6H2,1-2H3,(H,14,15)(H2,13,16,17). The summed E-state index contributed by atoms with van der Waals surface area (Å²) in [6, 6.07) is 4.53. The van der Waals surface area contributed by atoms with Crippen LogP contribution in [0, 0.1) is 12.8 Å². The predicted octanol–water partition coefficient (Wildman–Crippen LogP) is 1.46. The molecule has 1 atom stereocenters. The second-order valence-corrected chi connectivity index (χ2v) is 5.91. The van der Waals surface area contributed by atoms with E-state index < -0.39 is 10.0 Å². The number of rotatable bonds is 4. The Balaban J connectivity index is 3.04. The van der Waals surface area contributed by atoms with Gasteiger partial charge in [0.2, 0.25) is 15.9 Å². The monoisotopic (exact) mass is 290 g/mol. The highest BCUT2D eigenvalue weighted by Gasteiger charge is 2.15. The van der Waals surface area contributed by atoms with Crippen LogP contribution in [-0.4, -0.2) is 20.2 Å². The Morgan fingerprint density at radius 1 is 1.50 bits per heavy atom. The molecule has 1 amide bonds. The minimum atomic E-state index is -3.79. The topological polar surface area (TPSA) is 89.3 Å². The third-order valence-corrected chi connectivity index (χ3v) is 3.96. The van der Waals surface area contributed by atoms with Crippen molar-refractivity contribution in [1.29, 1.82) is 0 Å². The van der Waals surface area contributed by atoms with Crippen molar-refractivity contribution < 1.29 is 13.2 Å². The normalized spacial score (nSPS) is 13.1. The van der Waals surface area contributed by atoms with Crippen molar-refractivity contribution in [2.75, 3.05) is 11.2 Å². The van der Waals surface area contributed by atoms with Gasteiger partial charge in [-0.25, -0.2) is 13.6 Å². The molecule has 5 nitrogen and oxygen atoms in total. The number of carbonyl (C=O) groups is 1. The molecule has 0 heterocycles. The number of hydrogen-bond acceptors (Lipinski definition) is 3. The fourth-order valence-corrected chi connectivity index (χ4v) is 2.27. The maximum Gasteiger partial charge on any atom is 0.238 e. The molecule has 0 saturated carbocycles. The van der Waals surface area contributed by atoms with Gasteiger partial charge in [0.1, 0.15) is 0 Å². The van der Waals surface area contributed by atoms with Crippen LogP contribution in [0.3, 0.4) is 0 Å². The molecule has 0 fully saturated rings. The zero-order valence-corrected chi connectivity index (χ0v) is 11.7. The van der Waals surface area contributed by atoms with E-state index in [1.807, 2.05) is 0 Å². The molecule has 3 N–H and O–H groups in total. The molecule has 100 valence electrons. The van der Waals surface area contributed by atoms with Gasteiger partial charge in [-0.1, -0.05) is 13.0 Å². The molecule has 0 saturated heterocycles. The van der Waals surface area contributed by atoms with Crippen molar-refractivity contribution in [3.63, 3.8) is 0 Å². The first-order valence-corrected chi connectivity index (χ1v) is 7.34. The molecular weight excluding hydrogens is 276 g/mol. The summed E-state index contributed by atoms with van der Waals surface area (Å²) in [4.78, 5) is 11.6. The Hall–Kier alpha value is -1.11. The largest absolute Gasteiger partial charge is 0.326 e. The molecule has 0 radical (unpaired) electrons. The molecule has 0 aliphatic heterocycles. The Bertz CT molecular complexity index is 557. The molecule has 7 heteroatoms. The fourth-order valence-electron chi connectivity index (χ4n) is 1.32. The van der Waals surface area contributed by atoms with E-state index in [0.29, 0.717) is 11.3 Å². The lowest BCUT2D eigenvalue weighted by Crippen LogP contribution is -2.22. The summed E-state index contributed by atoms with van der Waals surface area (Å²) < 4.78 is 22.7. The zero-order chi connectivity index (χ0) is 13.9. The number of primary sulfonamides is 1. The lowest BCUT2D eigenvalue weighted by atomic mass is 10.2. The molecule has 1 rings (SSSR count). The predicted molar refractivity (Wildman–Crippen MR) is 71.1 cm³/mol. The van der Waals surface area contributed by atoms with Gasteiger partial charge in [-0.2, -0.15) is 0 Å². The number of hydrogen-bond donors (Lipinski definition) is 2. The van der Waals surface area contributed by atoms with Crippen LogP contribution in [0.1, 0.15) is 12.5 Å². The van der Waals surface area contributed by atoms with Gasteiger partial charge in [0.25, 0.3) is 0 Å². The van der Waals surface area contributed by atoms with Gasteiger partial charge in [0, 0.05) is 17.5 Å². The highest BCUT2D eigenvalue weighted by Crippen LogP contribution is 2.19. The van der Waals surface area contributed by atoms with Crippen molar-refractivity contribution in [2.24, 2.45) is 11.1 Å². The minimum absolute atomic E-state index is 0.00109. The Kier molecular flexibility index (Phi) is 4.72. The lowest BCUT2D eigenvalue weighted by molar-refractivity contribution is -0.118. The summed E-state index contributed by atoms with van der Waals surface area (Å²) in [5.41, 5.74) is 0.910. The van der Waals surface area contributed by atoms with E-state index in [0.717, 1.165) is 0 Å². The van der Waals surface area contributed by atoms with Crippen molar-refractivity contribution in [2.45, 2.75) is 18.7 Å². The van der Waals surface area contributed by atoms with Crippen LogP contribution in [0.15, 0.2) is 23.1 Å². The van der Waals surface area contributed by atoms with E-state index in [1.165, 1.54) is 6.07 Å². The zero-order valence-electron chi connectivity index (χ0n) is 10.1. The van der Waals surface area contributed by atoms with E-state index >= 15 is 0 Å². The van der Waals surface area contributed by atoms with E-state index in [-0.39, 0.29) is 22.6 Å². The number of nitrogens with two attached hydrogens (primary N) is 1. The molecule has 0 aliphatic rings. The first kappa shape index (κ1) is 14.9. The van der Waals surface area contributed by atoms with Gasteiger partial charge >= 0.3 is 0 Å². The lowest BCUT2D eigenvalue weighted by Gasteiger charge is -2.11. The van der Waals surface area contributed by atoms with Crippen molar-refractivity contribution >= 4 is 33.2 Å². The average Bonchev–Trinajstić information content (AvgIpc) is 2.29. The number of sulfonamides is 1. The molecule has 1 aromatic carbocycles. The summed E-state index contributed by atoms with van der Waals surface area (Å²) in [5, 5.41) is 7.67. The van der Waals surface area contributed by atoms with Gasteiger partial charge in [-0.05, 0) is 24.6 Å². The van der Waals surface area contributed by atoms with Crippen LogP contribution in [0.4, 0.5) is 5.69 Å². The summed E-state index contributed by atoms with van der Waals surface area (Å²) in [5.74, 6) is -0.431. The number of aryl methyl sites for hydroxylation is 1. The van der Waals surface area contributed by atoms with E-state index in [4.69, 9.17) is 16.7 Å². The second kappa shape index (κ2) is 5.69. The maximum absolute atomic E-state index is 11.6. The number of benzene rings is 1. The highest BCUT2D eigenvalue weighted by molar-refractivity contribution is 7.89. The van der Waals surface area contributed by atoms with Gasteiger partial charge in [0.05, 0.1) is 4.90 Å². The van der Waals surface area contributed by atoms with Crippen LogP contribution in [-0.2, 0) is 14.8 Å². The molecule has 0 bridgehead atoms. The van der Waals surface area contributed by atoms with Crippen LogP contribution >= 0.6 is 11.6 Å². The molecule has 18 heavy (non-hydrogen) atoms. The summed E-state index contributed by atoms with van der Waals surface area (Å²) in [6.45, 7) is 3.31. The minimum Gasteiger partial charge on any atom is -0.326 e. The van der Waals surface area contributed by atoms with E-state index in [1.54, 1.807) is 26.0 Å². The molecular formula is C11H15ClN2O3S. The third kappa shape index (κ3) is 3.69. The highest BCUT2D eigenvalue weighted by atomic mass is 35.5. The van der Waals surface area contributed by atoms with E-state index in [9.17, 15) is 13.2 Å². The average molecular weight is 291 g/mol. The number of alkyl halides is 1. The molecule has 1 unspecified atom stereocenters. The van der Waals surface area contributed by atoms with Crippen LogP contribution < -0.4 is 10.5 Å². The molecule has 1 aromatic rings. The van der Waals surface area contributed by atoms with Crippen LogP contribution in [0.5, 0.6) is 0 Å². The van der Waals surface area contributed by atoms with Crippen molar-refractivity contribution in [3.8, 4) is 0 Å². The number of anilines is 1. The molecule has 0 aromatic heterocycles. The maximum atomic E-state index is 11.6. The first-order valence-electron chi connectivity index (χ1n) is 5.26. The first-order chi connectivity index (χ1) is 8.25. The van der Waals surface area contributed by atoms with Crippen molar-refractivity contribution in [1.82, 2.24) is 0 Å².